The van der Waals surface area contributed by atoms with Crippen LogP contribution in [0.2, 0.25) is 0 Å². The number of hydrogen-bond donors (Lipinski definition) is 3. The van der Waals surface area contributed by atoms with Gasteiger partial charge in [0.2, 0.25) is 0 Å². The molecule has 1 aliphatic heterocycles. The third kappa shape index (κ3) is 46.3. The van der Waals surface area contributed by atoms with Crippen molar-refractivity contribution in [3.05, 3.63) is 72.9 Å². The average Bonchev–Trinajstić information content (AvgIpc) is 3.53. The fraction of sp³-hybridized carbons (Fsp3) is 0.768. The molecule has 0 saturated carbocycles. The fourth-order valence-electron chi connectivity index (χ4n) is 9.70. The number of rotatable bonds is 56. The van der Waals surface area contributed by atoms with E-state index in [1.54, 1.807) is 0 Å². The van der Waals surface area contributed by atoms with Crippen LogP contribution in [0.25, 0.3) is 0 Å². The van der Waals surface area contributed by atoms with Gasteiger partial charge in [0.05, 0.1) is 6.61 Å². The summed E-state index contributed by atoms with van der Waals surface area (Å²) in [6.07, 6.45) is 60.0. The lowest BCUT2D eigenvalue weighted by Gasteiger charge is -2.40. The van der Waals surface area contributed by atoms with Crippen LogP contribution < -0.4 is 0 Å². The van der Waals surface area contributed by atoms with E-state index in [0.717, 1.165) is 116 Å². The van der Waals surface area contributed by atoms with Crippen molar-refractivity contribution in [2.75, 3.05) is 13.2 Å². The Labute approximate surface area is 493 Å². The molecule has 0 radical (unpaired) electrons. The number of carboxylic acids is 1. The van der Waals surface area contributed by atoms with Crippen LogP contribution in [0.3, 0.4) is 0 Å². The zero-order valence-corrected chi connectivity index (χ0v) is 51.5. The van der Waals surface area contributed by atoms with Crippen molar-refractivity contribution < 1.29 is 58.2 Å². The highest BCUT2D eigenvalue weighted by Gasteiger charge is 2.50. The summed E-state index contributed by atoms with van der Waals surface area (Å²) in [6, 6.07) is 0. The normalized spacial score (nSPS) is 18.2. The standard InChI is InChI=1S/C69H118O12/c1-4-7-10-13-16-19-22-25-28-31-34-37-40-43-46-49-52-55-61(70)77-58-60(79-62(71)56-53-50-47-44-41-38-35-32-29-26-23-20-17-14-11-8-5-2)59-78-69-67(65(74)64(73)66(81-69)68(75)76)80-63(72)57-54-51-48-45-42-39-36-33-30-27-24-21-18-15-12-9-6-3/h7,10,16,19,25-30,34,37,60,64-67,69,73-74H,4-6,8-9,11-15,17-18,20-24,31-33,35-36,38-59H2,1-3H3,(H,75,76)/b10-7-,19-16-,28-25-,29-26-,30-27-,37-34-. The molecule has 1 rings (SSSR count). The summed E-state index contributed by atoms with van der Waals surface area (Å²) in [5, 5.41) is 31.6. The summed E-state index contributed by atoms with van der Waals surface area (Å²) in [5.41, 5.74) is 0. The van der Waals surface area contributed by atoms with Gasteiger partial charge in [0, 0.05) is 19.3 Å². The molecular weight excluding hydrogens is 1020 g/mol. The first-order valence-corrected chi connectivity index (χ1v) is 32.9. The summed E-state index contributed by atoms with van der Waals surface area (Å²) in [6.45, 7) is 5.88. The molecule has 12 nitrogen and oxygen atoms in total. The molecular formula is C69H118O12. The molecule has 0 aromatic carbocycles. The van der Waals surface area contributed by atoms with Crippen molar-refractivity contribution in [1.29, 1.82) is 0 Å². The zero-order valence-electron chi connectivity index (χ0n) is 51.5. The number of carbonyl (C=O) groups excluding carboxylic acids is 3. The molecule has 6 atom stereocenters. The van der Waals surface area contributed by atoms with Gasteiger partial charge in [0.15, 0.2) is 24.6 Å². The molecule has 0 bridgehead atoms. The number of carbonyl (C=O) groups is 4. The minimum atomic E-state index is -1.91. The lowest BCUT2D eigenvalue weighted by molar-refractivity contribution is -0.301. The molecule has 466 valence electrons. The van der Waals surface area contributed by atoms with E-state index in [4.69, 9.17) is 23.7 Å². The molecule has 6 unspecified atom stereocenters. The minimum absolute atomic E-state index is 0.0519. The maximum Gasteiger partial charge on any atom is 0.335 e. The van der Waals surface area contributed by atoms with E-state index in [0.29, 0.717) is 19.3 Å². The second-order valence-corrected chi connectivity index (χ2v) is 22.4. The Hall–Kier alpha value is -3.84. The Balaban J connectivity index is 2.68. The van der Waals surface area contributed by atoms with Gasteiger partial charge in [-0.3, -0.25) is 14.4 Å². The minimum Gasteiger partial charge on any atom is -0.479 e. The van der Waals surface area contributed by atoms with Crippen molar-refractivity contribution in [2.45, 2.75) is 327 Å². The molecule has 0 aliphatic carbocycles. The second-order valence-electron chi connectivity index (χ2n) is 22.4. The van der Waals surface area contributed by atoms with Crippen LogP contribution in [0.15, 0.2) is 72.9 Å². The zero-order chi connectivity index (χ0) is 58.9. The van der Waals surface area contributed by atoms with Gasteiger partial charge in [0.25, 0.3) is 0 Å². The molecule has 1 saturated heterocycles. The summed E-state index contributed by atoms with van der Waals surface area (Å²) in [7, 11) is 0. The third-order valence-corrected chi connectivity index (χ3v) is 14.7. The summed E-state index contributed by atoms with van der Waals surface area (Å²) < 4.78 is 28.5. The Morgan fingerprint density at radius 3 is 1.20 bits per heavy atom. The van der Waals surface area contributed by atoms with E-state index in [1.165, 1.54) is 116 Å². The maximum absolute atomic E-state index is 13.2. The first-order chi connectivity index (χ1) is 39.6. The van der Waals surface area contributed by atoms with Gasteiger partial charge in [0.1, 0.15) is 18.8 Å². The van der Waals surface area contributed by atoms with Gasteiger partial charge in [-0.05, 0) is 109 Å². The number of aliphatic hydroxyl groups excluding tert-OH is 2. The molecule has 1 aliphatic rings. The lowest BCUT2D eigenvalue weighted by Crippen LogP contribution is -2.61. The first-order valence-electron chi connectivity index (χ1n) is 32.9. The number of ether oxygens (including phenoxy) is 5. The maximum atomic E-state index is 13.2. The average molecular weight is 1140 g/mol. The SMILES string of the molecule is CC/C=C\C/C=C\C/C=C\C/C=C\CCCCCCC(=O)OCC(COC1OC(C(=O)O)C(O)C(O)C1OC(=O)CCCCCCCCC/C=C\CCCCCCCC)OC(=O)CCCCCCCCC/C=C\CCCCCCCC. The van der Waals surface area contributed by atoms with E-state index >= 15 is 0 Å². The largest absolute Gasteiger partial charge is 0.479 e. The van der Waals surface area contributed by atoms with E-state index in [-0.39, 0.29) is 25.9 Å². The summed E-state index contributed by atoms with van der Waals surface area (Å²) >= 11 is 0. The predicted molar refractivity (Wildman–Crippen MR) is 331 cm³/mol. The van der Waals surface area contributed by atoms with Gasteiger partial charge in [-0.15, -0.1) is 0 Å². The van der Waals surface area contributed by atoms with Gasteiger partial charge in [-0.25, -0.2) is 4.79 Å². The first kappa shape index (κ1) is 75.2. The lowest BCUT2D eigenvalue weighted by atomic mass is 9.98. The van der Waals surface area contributed by atoms with Crippen molar-refractivity contribution >= 4 is 23.9 Å². The number of hydrogen-bond acceptors (Lipinski definition) is 11. The Morgan fingerprint density at radius 1 is 0.420 bits per heavy atom. The smallest absolute Gasteiger partial charge is 0.335 e. The van der Waals surface area contributed by atoms with Crippen LogP contribution in [-0.2, 0) is 42.9 Å². The van der Waals surface area contributed by atoms with Crippen molar-refractivity contribution in [3.63, 3.8) is 0 Å². The molecule has 3 N–H and O–H groups in total. The monoisotopic (exact) mass is 1140 g/mol. The Morgan fingerprint density at radius 2 is 0.778 bits per heavy atom. The van der Waals surface area contributed by atoms with Crippen LogP contribution >= 0.6 is 0 Å². The Bertz CT molecular complexity index is 1680. The molecule has 12 heteroatoms. The van der Waals surface area contributed by atoms with Crippen molar-refractivity contribution in [2.24, 2.45) is 0 Å². The van der Waals surface area contributed by atoms with Gasteiger partial charge in [-0.1, -0.05) is 235 Å². The van der Waals surface area contributed by atoms with Gasteiger partial charge in [-0.2, -0.15) is 0 Å². The van der Waals surface area contributed by atoms with Gasteiger partial charge >= 0.3 is 23.9 Å². The van der Waals surface area contributed by atoms with Crippen LogP contribution in [0.4, 0.5) is 0 Å². The van der Waals surface area contributed by atoms with E-state index < -0.39 is 67.3 Å². The molecule has 81 heavy (non-hydrogen) atoms. The number of aliphatic hydroxyl groups is 2. The van der Waals surface area contributed by atoms with Crippen LogP contribution in [0.5, 0.6) is 0 Å². The van der Waals surface area contributed by atoms with Crippen molar-refractivity contribution in [1.82, 2.24) is 0 Å². The second kappa shape index (κ2) is 56.6. The molecule has 1 fully saturated rings. The quantitative estimate of drug-likeness (QED) is 0.0228. The third-order valence-electron chi connectivity index (χ3n) is 14.7. The van der Waals surface area contributed by atoms with E-state index in [2.05, 4.69) is 93.7 Å². The molecule has 0 aromatic heterocycles. The predicted octanol–water partition coefficient (Wildman–Crippen LogP) is 17.7. The highest BCUT2D eigenvalue weighted by Crippen LogP contribution is 2.27. The highest BCUT2D eigenvalue weighted by atomic mass is 16.7. The van der Waals surface area contributed by atoms with E-state index in [1.807, 2.05) is 0 Å². The van der Waals surface area contributed by atoms with Crippen LogP contribution in [0.1, 0.15) is 290 Å². The summed E-state index contributed by atoms with van der Waals surface area (Å²) in [4.78, 5) is 51.3. The van der Waals surface area contributed by atoms with Crippen LogP contribution in [-0.4, -0.2) is 89.2 Å². The number of carboxylic acid groups (broad SMARTS) is 1. The fourth-order valence-corrected chi connectivity index (χ4v) is 9.70. The molecule has 1 heterocycles. The topological polar surface area (TPSA) is 175 Å². The van der Waals surface area contributed by atoms with E-state index in [9.17, 15) is 34.5 Å². The number of aliphatic carboxylic acids is 1. The number of esters is 3. The molecule has 0 aromatic rings. The Kier molecular flexibility index (Phi) is 52.6. The highest BCUT2D eigenvalue weighted by molar-refractivity contribution is 5.74. The van der Waals surface area contributed by atoms with Crippen molar-refractivity contribution in [3.8, 4) is 0 Å². The van der Waals surface area contributed by atoms with Crippen LogP contribution in [0, 0.1) is 0 Å². The molecule has 0 spiro atoms. The number of unbranched alkanes of at least 4 members (excludes halogenated alkanes) is 30. The number of allylic oxidation sites excluding steroid dienone is 12. The van der Waals surface area contributed by atoms with Gasteiger partial charge < -0.3 is 39.0 Å². The molecule has 0 amide bonds. The summed E-state index contributed by atoms with van der Waals surface area (Å²) in [5.74, 6) is -3.15.